The predicted molar refractivity (Wildman–Crippen MR) is 76.1 cm³/mol. The van der Waals surface area contributed by atoms with E-state index < -0.39 is 0 Å². The van der Waals surface area contributed by atoms with E-state index in [1.165, 1.54) is 5.56 Å². The van der Waals surface area contributed by atoms with Crippen molar-refractivity contribution in [3.05, 3.63) is 29.8 Å². The molecule has 1 aromatic carbocycles. The van der Waals surface area contributed by atoms with Crippen LogP contribution >= 0.6 is 24.4 Å². The third kappa shape index (κ3) is 2.39. The van der Waals surface area contributed by atoms with E-state index in [1.54, 1.807) is 0 Å². The van der Waals surface area contributed by atoms with Crippen molar-refractivity contribution in [3.63, 3.8) is 0 Å². The summed E-state index contributed by atoms with van der Waals surface area (Å²) in [5.41, 5.74) is 2.48. The number of nitrogens with zero attached hydrogens (tertiary/aromatic N) is 1. The van der Waals surface area contributed by atoms with Crippen molar-refractivity contribution in [2.45, 2.75) is 19.8 Å². The van der Waals surface area contributed by atoms with E-state index >= 15 is 0 Å². The lowest BCUT2D eigenvalue weighted by Gasteiger charge is -2.30. The van der Waals surface area contributed by atoms with Crippen molar-refractivity contribution < 1.29 is 0 Å². The Hall–Kier alpha value is -1.00. The maximum Gasteiger partial charge on any atom is 0.178 e. The summed E-state index contributed by atoms with van der Waals surface area (Å²) in [5.74, 6) is 0. The van der Waals surface area contributed by atoms with Crippen molar-refractivity contribution in [1.29, 1.82) is 0 Å². The second-order valence-electron chi connectivity index (χ2n) is 3.77. The van der Waals surface area contributed by atoms with Crippen molar-refractivity contribution in [2.24, 2.45) is 0 Å². The number of benzene rings is 1. The van der Waals surface area contributed by atoms with Crippen LogP contribution in [0.5, 0.6) is 0 Å². The number of nitrogens with one attached hydrogen (secondary N) is 1. The Labute approximate surface area is 107 Å². The zero-order valence-electron chi connectivity index (χ0n) is 9.19. The highest BCUT2D eigenvalue weighted by molar-refractivity contribution is 7.82. The summed E-state index contributed by atoms with van der Waals surface area (Å²) >= 11 is 10.4. The van der Waals surface area contributed by atoms with E-state index in [4.69, 9.17) is 24.4 Å². The van der Waals surface area contributed by atoms with Crippen molar-refractivity contribution in [1.82, 2.24) is 5.32 Å². The summed E-state index contributed by atoms with van der Waals surface area (Å²) in [4.78, 5) is 2.93. The standard InChI is InChI=1S/C12H14N2S2/c1-2-9-3-5-10(6-4-9)14-8-7-11(15)13-12(14)16/h3-6H,2,7-8H2,1H3,(H,13,15,16). The lowest BCUT2D eigenvalue weighted by molar-refractivity contribution is 0.936. The average molecular weight is 250 g/mol. The Bertz CT molecular complexity index is 412. The molecule has 0 spiro atoms. The molecular weight excluding hydrogens is 236 g/mol. The van der Waals surface area contributed by atoms with Crippen LogP contribution in [0, 0.1) is 0 Å². The molecular formula is C12H14N2S2. The number of rotatable bonds is 2. The Morgan fingerprint density at radius 3 is 2.50 bits per heavy atom. The van der Waals surface area contributed by atoms with E-state index in [2.05, 4.69) is 41.4 Å². The monoisotopic (exact) mass is 250 g/mol. The van der Waals surface area contributed by atoms with Crippen molar-refractivity contribution in [3.8, 4) is 0 Å². The fourth-order valence-electron chi connectivity index (χ4n) is 1.72. The van der Waals surface area contributed by atoms with Crippen LogP contribution in [-0.4, -0.2) is 16.6 Å². The molecule has 1 aromatic rings. The third-order valence-electron chi connectivity index (χ3n) is 2.71. The zero-order chi connectivity index (χ0) is 11.5. The molecule has 0 unspecified atom stereocenters. The van der Waals surface area contributed by atoms with Gasteiger partial charge < -0.3 is 10.2 Å². The zero-order valence-corrected chi connectivity index (χ0v) is 10.8. The molecule has 0 amide bonds. The van der Waals surface area contributed by atoms with Gasteiger partial charge in [0, 0.05) is 18.7 Å². The molecule has 0 aliphatic carbocycles. The van der Waals surface area contributed by atoms with Crippen LogP contribution in [0.1, 0.15) is 18.9 Å². The van der Waals surface area contributed by atoms with Gasteiger partial charge >= 0.3 is 0 Å². The van der Waals surface area contributed by atoms with Gasteiger partial charge in [-0.15, -0.1) is 0 Å². The predicted octanol–water partition coefficient (Wildman–Crippen LogP) is 2.66. The summed E-state index contributed by atoms with van der Waals surface area (Å²) in [5, 5.41) is 3.75. The van der Waals surface area contributed by atoms with Gasteiger partial charge in [0.25, 0.3) is 0 Å². The summed E-state index contributed by atoms with van der Waals surface area (Å²) in [6.07, 6.45) is 1.93. The Kier molecular flexibility index (Phi) is 3.51. The Morgan fingerprint density at radius 2 is 1.94 bits per heavy atom. The first-order valence-electron chi connectivity index (χ1n) is 5.41. The molecule has 16 heavy (non-hydrogen) atoms. The first-order valence-corrected chi connectivity index (χ1v) is 6.22. The maximum atomic E-state index is 5.27. The van der Waals surface area contributed by atoms with Crippen LogP contribution in [0.3, 0.4) is 0 Å². The highest BCUT2D eigenvalue weighted by atomic mass is 32.1. The molecule has 0 bridgehead atoms. The molecule has 0 atom stereocenters. The van der Waals surface area contributed by atoms with Gasteiger partial charge in [0.15, 0.2) is 5.11 Å². The minimum absolute atomic E-state index is 0.709. The smallest absolute Gasteiger partial charge is 0.178 e. The van der Waals surface area contributed by atoms with E-state index in [1.807, 2.05) is 0 Å². The van der Waals surface area contributed by atoms with Crippen molar-refractivity contribution in [2.75, 3.05) is 11.4 Å². The number of aryl methyl sites for hydroxylation is 1. The van der Waals surface area contributed by atoms with Gasteiger partial charge in [-0.05, 0) is 36.3 Å². The van der Waals surface area contributed by atoms with Crippen LogP contribution in [0.15, 0.2) is 24.3 Å². The molecule has 1 saturated heterocycles. The fourth-order valence-corrected chi connectivity index (χ4v) is 2.29. The number of hydrogen-bond donors (Lipinski definition) is 1. The van der Waals surface area contributed by atoms with Gasteiger partial charge in [-0.25, -0.2) is 0 Å². The van der Waals surface area contributed by atoms with Gasteiger partial charge in [0.2, 0.25) is 0 Å². The second-order valence-corrected chi connectivity index (χ2v) is 4.65. The fraction of sp³-hybridized carbons (Fsp3) is 0.333. The van der Waals surface area contributed by atoms with Gasteiger partial charge in [-0.1, -0.05) is 31.3 Å². The highest BCUT2D eigenvalue weighted by Crippen LogP contribution is 2.18. The van der Waals surface area contributed by atoms with E-state index in [0.717, 1.165) is 30.1 Å². The molecule has 4 heteroatoms. The van der Waals surface area contributed by atoms with Crippen molar-refractivity contribution >= 4 is 40.2 Å². The lowest BCUT2D eigenvalue weighted by atomic mass is 10.1. The van der Waals surface area contributed by atoms with Gasteiger partial charge in [0.1, 0.15) is 0 Å². The highest BCUT2D eigenvalue weighted by Gasteiger charge is 2.18. The molecule has 0 radical (unpaired) electrons. The number of anilines is 1. The van der Waals surface area contributed by atoms with Gasteiger partial charge in [-0.3, -0.25) is 0 Å². The summed E-state index contributed by atoms with van der Waals surface area (Å²) in [6.45, 7) is 3.02. The number of hydrogen-bond acceptors (Lipinski definition) is 2. The van der Waals surface area contributed by atoms with E-state index in [9.17, 15) is 0 Å². The SMILES string of the molecule is CCc1ccc(N2CCC(=S)NC2=S)cc1. The summed E-state index contributed by atoms with van der Waals surface area (Å²) < 4.78 is 0. The molecule has 1 fully saturated rings. The van der Waals surface area contributed by atoms with Crippen LogP contribution < -0.4 is 10.2 Å². The first-order chi connectivity index (χ1) is 7.70. The largest absolute Gasteiger partial charge is 0.327 e. The Balaban J connectivity index is 2.17. The Morgan fingerprint density at radius 1 is 1.25 bits per heavy atom. The minimum Gasteiger partial charge on any atom is -0.327 e. The second kappa shape index (κ2) is 4.89. The molecule has 84 valence electrons. The van der Waals surface area contributed by atoms with Gasteiger partial charge in [-0.2, -0.15) is 0 Å². The quantitative estimate of drug-likeness (QED) is 0.811. The normalized spacial score (nSPS) is 16.2. The lowest BCUT2D eigenvalue weighted by Crippen LogP contribution is -2.48. The van der Waals surface area contributed by atoms with E-state index in [-0.39, 0.29) is 0 Å². The molecule has 1 N–H and O–H groups in total. The topological polar surface area (TPSA) is 15.3 Å². The molecule has 0 saturated carbocycles. The van der Waals surface area contributed by atoms with Gasteiger partial charge in [0.05, 0.1) is 4.99 Å². The molecule has 1 heterocycles. The minimum atomic E-state index is 0.709. The molecule has 0 aromatic heterocycles. The molecule has 1 aliphatic heterocycles. The van der Waals surface area contributed by atoms with Crippen LogP contribution in [-0.2, 0) is 6.42 Å². The molecule has 1 aliphatic rings. The summed E-state index contributed by atoms with van der Waals surface area (Å²) in [6, 6.07) is 8.51. The average Bonchev–Trinajstić information content (AvgIpc) is 2.29. The third-order valence-corrected chi connectivity index (χ3v) is 3.34. The number of thiocarbonyl (C=S) groups is 2. The van der Waals surface area contributed by atoms with Crippen LogP contribution in [0.2, 0.25) is 0 Å². The van der Waals surface area contributed by atoms with Crippen LogP contribution in [0.25, 0.3) is 0 Å². The maximum absolute atomic E-state index is 5.27. The summed E-state index contributed by atoms with van der Waals surface area (Å²) in [7, 11) is 0. The first kappa shape index (κ1) is 11.5. The van der Waals surface area contributed by atoms with Crippen LogP contribution in [0.4, 0.5) is 5.69 Å². The molecule has 2 nitrogen and oxygen atoms in total. The van der Waals surface area contributed by atoms with E-state index in [0.29, 0.717) is 5.11 Å². The molecule has 2 rings (SSSR count).